The van der Waals surface area contributed by atoms with Gasteiger partial charge >= 0.3 is 0 Å². The van der Waals surface area contributed by atoms with Crippen LogP contribution in [-0.4, -0.2) is 13.1 Å². The van der Waals surface area contributed by atoms with Crippen LogP contribution in [0.2, 0.25) is 0 Å². The lowest BCUT2D eigenvalue weighted by molar-refractivity contribution is 0.399. The summed E-state index contributed by atoms with van der Waals surface area (Å²) in [6.07, 6.45) is 15.5. The Kier molecular flexibility index (Phi) is 15.3. The lowest BCUT2D eigenvalue weighted by Crippen LogP contribution is -2.16. The van der Waals surface area contributed by atoms with Crippen LogP contribution in [0.4, 0.5) is 0 Å². The average Bonchev–Trinajstić information content (AvgIpc) is 2.39. The average molecular weight is 284 g/mol. The highest BCUT2D eigenvalue weighted by atomic mass is 14.8. The number of rotatable bonds is 15. The van der Waals surface area contributed by atoms with E-state index >= 15 is 0 Å². The van der Waals surface area contributed by atoms with Gasteiger partial charge in [0.05, 0.1) is 0 Å². The SMILES string of the molecule is CCCCCCCCCNCCCCC(C)CC(C)C. The summed E-state index contributed by atoms with van der Waals surface area (Å²) in [5.74, 6) is 1.78. The molecular formula is C19H41N. The highest BCUT2D eigenvalue weighted by molar-refractivity contribution is 4.58. The van der Waals surface area contributed by atoms with Crippen LogP contribution in [-0.2, 0) is 0 Å². The predicted octanol–water partition coefficient (Wildman–Crippen LogP) is 6.18. The molecule has 0 aliphatic heterocycles. The maximum absolute atomic E-state index is 3.60. The Morgan fingerprint density at radius 3 is 1.85 bits per heavy atom. The summed E-state index contributed by atoms with van der Waals surface area (Å²) in [5.41, 5.74) is 0. The Hall–Kier alpha value is -0.0400. The van der Waals surface area contributed by atoms with Crippen LogP contribution in [0.25, 0.3) is 0 Å². The van der Waals surface area contributed by atoms with Crippen molar-refractivity contribution in [3.05, 3.63) is 0 Å². The maximum Gasteiger partial charge on any atom is -0.00489 e. The molecule has 0 saturated carbocycles. The van der Waals surface area contributed by atoms with E-state index in [4.69, 9.17) is 0 Å². The molecular weight excluding hydrogens is 242 g/mol. The van der Waals surface area contributed by atoms with Gasteiger partial charge in [0.15, 0.2) is 0 Å². The van der Waals surface area contributed by atoms with E-state index in [-0.39, 0.29) is 0 Å². The van der Waals surface area contributed by atoms with E-state index in [0.29, 0.717) is 0 Å². The standard InChI is InChI=1S/C19H41N/c1-5-6-7-8-9-10-12-15-20-16-13-11-14-19(4)17-18(2)3/h18-20H,5-17H2,1-4H3. The Balaban J connectivity index is 3.06. The van der Waals surface area contributed by atoms with Crippen molar-refractivity contribution in [2.24, 2.45) is 11.8 Å². The molecule has 0 spiro atoms. The number of nitrogens with one attached hydrogen (secondary N) is 1. The van der Waals surface area contributed by atoms with Crippen molar-refractivity contribution in [1.82, 2.24) is 5.32 Å². The molecule has 0 aliphatic rings. The molecule has 1 atom stereocenters. The summed E-state index contributed by atoms with van der Waals surface area (Å²) in [6.45, 7) is 11.8. The van der Waals surface area contributed by atoms with Crippen LogP contribution < -0.4 is 5.32 Å². The van der Waals surface area contributed by atoms with E-state index in [1.807, 2.05) is 0 Å². The van der Waals surface area contributed by atoms with Gasteiger partial charge in [0.2, 0.25) is 0 Å². The minimum Gasteiger partial charge on any atom is -0.317 e. The monoisotopic (exact) mass is 283 g/mol. The molecule has 0 fully saturated rings. The zero-order valence-corrected chi connectivity index (χ0v) is 14.8. The molecule has 1 heteroatoms. The molecule has 0 bridgehead atoms. The van der Waals surface area contributed by atoms with Crippen molar-refractivity contribution < 1.29 is 0 Å². The molecule has 122 valence electrons. The normalized spacial score (nSPS) is 13.1. The van der Waals surface area contributed by atoms with Gasteiger partial charge in [-0.1, -0.05) is 79.1 Å². The first-order valence-electron chi connectivity index (χ1n) is 9.37. The second-order valence-electron chi connectivity index (χ2n) is 7.10. The number of hydrogen-bond donors (Lipinski definition) is 1. The molecule has 0 aromatic carbocycles. The van der Waals surface area contributed by atoms with Crippen LogP contribution in [0.5, 0.6) is 0 Å². The van der Waals surface area contributed by atoms with E-state index in [1.54, 1.807) is 0 Å². The molecule has 0 saturated heterocycles. The topological polar surface area (TPSA) is 12.0 Å². The maximum atomic E-state index is 3.60. The first-order valence-corrected chi connectivity index (χ1v) is 9.37. The minimum atomic E-state index is 0.862. The smallest absolute Gasteiger partial charge is 0.00489 e. The quantitative estimate of drug-likeness (QED) is 0.354. The summed E-state index contributed by atoms with van der Waals surface area (Å²) in [4.78, 5) is 0. The van der Waals surface area contributed by atoms with Gasteiger partial charge in [-0.05, 0) is 44.2 Å². The van der Waals surface area contributed by atoms with Crippen molar-refractivity contribution in [3.8, 4) is 0 Å². The summed E-state index contributed by atoms with van der Waals surface area (Å²) < 4.78 is 0. The Bertz CT molecular complexity index is 177. The molecule has 1 unspecified atom stereocenters. The molecule has 1 N–H and O–H groups in total. The molecule has 20 heavy (non-hydrogen) atoms. The predicted molar refractivity (Wildman–Crippen MR) is 93.3 cm³/mol. The summed E-state index contributed by atoms with van der Waals surface area (Å²) >= 11 is 0. The van der Waals surface area contributed by atoms with E-state index in [0.717, 1.165) is 11.8 Å². The Labute approximate surface area is 129 Å². The number of unbranched alkanes of at least 4 members (excludes halogenated alkanes) is 7. The Morgan fingerprint density at radius 1 is 0.700 bits per heavy atom. The van der Waals surface area contributed by atoms with Crippen molar-refractivity contribution in [2.75, 3.05) is 13.1 Å². The molecule has 0 aromatic heterocycles. The molecule has 0 amide bonds. The van der Waals surface area contributed by atoms with E-state index < -0.39 is 0 Å². The number of hydrogen-bond acceptors (Lipinski definition) is 1. The molecule has 0 radical (unpaired) electrons. The summed E-state index contributed by atoms with van der Waals surface area (Å²) in [7, 11) is 0. The minimum absolute atomic E-state index is 0.862. The van der Waals surface area contributed by atoms with Crippen LogP contribution in [0.15, 0.2) is 0 Å². The zero-order chi connectivity index (χ0) is 15.1. The van der Waals surface area contributed by atoms with Crippen LogP contribution in [0, 0.1) is 11.8 Å². The first-order chi connectivity index (χ1) is 9.66. The third kappa shape index (κ3) is 16.0. The van der Waals surface area contributed by atoms with Crippen molar-refractivity contribution in [1.29, 1.82) is 0 Å². The van der Waals surface area contributed by atoms with E-state index in [2.05, 4.69) is 33.0 Å². The first kappa shape index (κ1) is 20.0. The fourth-order valence-corrected chi connectivity index (χ4v) is 3.00. The van der Waals surface area contributed by atoms with Crippen molar-refractivity contribution in [2.45, 2.75) is 98.3 Å². The van der Waals surface area contributed by atoms with E-state index in [1.165, 1.54) is 83.7 Å². The van der Waals surface area contributed by atoms with Gasteiger partial charge in [-0.3, -0.25) is 0 Å². The highest BCUT2D eigenvalue weighted by Crippen LogP contribution is 2.16. The molecule has 0 aliphatic carbocycles. The van der Waals surface area contributed by atoms with Gasteiger partial charge in [0.1, 0.15) is 0 Å². The molecule has 0 aromatic rings. The lowest BCUT2D eigenvalue weighted by Gasteiger charge is -2.13. The molecule has 0 heterocycles. The van der Waals surface area contributed by atoms with Gasteiger partial charge in [-0.25, -0.2) is 0 Å². The molecule has 0 rings (SSSR count). The largest absolute Gasteiger partial charge is 0.317 e. The van der Waals surface area contributed by atoms with Crippen molar-refractivity contribution in [3.63, 3.8) is 0 Å². The lowest BCUT2D eigenvalue weighted by atomic mass is 9.94. The summed E-state index contributed by atoms with van der Waals surface area (Å²) in [5, 5.41) is 3.60. The Morgan fingerprint density at radius 2 is 1.25 bits per heavy atom. The highest BCUT2D eigenvalue weighted by Gasteiger charge is 2.04. The third-order valence-corrected chi connectivity index (χ3v) is 4.13. The van der Waals surface area contributed by atoms with Crippen LogP contribution in [0.1, 0.15) is 98.3 Å². The van der Waals surface area contributed by atoms with Gasteiger partial charge in [-0.15, -0.1) is 0 Å². The van der Waals surface area contributed by atoms with E-state index in [9.17, 15) is 0 Å². The third-order valence-electron chi connectivity index (χ3n) is 4.13. The van der Waals surface area contributed by atoms with Gasteiger partial charge in [-0.2, -0.15) is 0 Å². The van der Waals surface area contributed by atoms with Crippen molar-refractivity contribution >= 4 is 0 Å². The van der Waals surface area contributed by atoms with Gasteiger partial charge < -0.3 is 5.32 Å². The van der Waals surface area contributed by atoms with Gasteiger partial charge in [0.25, 0.3) is 0 Å². The zero-order valence-electron chi connectivity index (χ0n) is 14.8. The fourth-order valence-electron chi connectivity index (χ4n) is 3.00. The fraction of sp³-hybridized carbons (Fsp3) is 1.00. The molecule has 1 nitrogen and oxygen atoms in total. The van der Waals surface area contributed by atoms with Crippen LogP contribution in [0.3, 0.4) is 0 Å². The van der Waals surface area contributed by atoms with Crippen LogP contribution >= 0.6 is 0 Å². The second-order valence-corrected chi connectivity index (χ2v) is 7.10. The van der Waals surface area contributed by atoms with Gasteiger partial charge in [0, 0.05) is 0 Å². The summed E-state index contributed by atoms with van der Waals surface area (Å²) in [6, 6.07) is 0. The second kappa shape index (κ2) is 15.4.